The predicted octanol–water partition coefficient (Wildman–Crippen LogP) is 4.19. The van der Waals surface area contributed by atoms with Gasteiger partial charge in [-0.25, -0.2) is 4.39 Å². The van der Waals surface area contributed by atoms with E-state index in [0.29, 0.717) is 11.3 Å². The average Bonchev–Trinajstić information content (AvgIpc) is 2.71. The summed E-state index contributed by atoms with van der Waals surface area (Å²) in [6, 6.07) is 8.80. The maximum Gasteiger partial charge on any atom is 0.285 e. The van der Waals surface area contributed by atoms with Crippen molar-refractivity contribution >= 4 is 38.9 Å². The second-order valence-electron chi connectivity index (χ2n) is 7.26. The molecule has 1 amide bonds. The minimum absolute atomic E-state index is 0.0135. The van der Waals surface area contributed by atoms with Crippen LogP contribution in [-0.2, 0) is 10.0 Å². The number of piperidine rings is 1. The van der Waals surface area contributed by atoms with E-state index in [4.69, 9.17) is 11.6 Å². The molecule has 1 saturated heterocycles. The number of amides is 1. The number of rotatable bonds is 5. The Hall–Kier alpha value is -2.29. The maximum atomic E-state index is 14.7. The molecule has 160 valence electrons. The molecular weight excluding hydrogens is 429 g/mol. The first-order valence-electron chi connectivity index (χ1n) is 9.57. The summed E-state index contributed by atoms with van der Waals surface area (Å²) in [6.07, 6.45) is 1.55. The Morgan fingerprint density at radius 3 is 2.57 bits per heavy atom. The number of benzene rings is 2. The summed E-state index contributed by atoms with van der Waals surface area (Å²) in [5, 5.41) is 5.64. The van der Waals surface area contributed by atoms with Crippen LogP contribution in [0.1, 0.15) is 35.7 Å². The van der Waals surface area contributed by atoms with Gasteiger partial charge in [0.1, 0.15) is 10.7 Å². The predicted molar refractivity (Wildman–Crippen MR) is 116 cm³/mol. The summed E-state index contributed by atoms with van der Waals surface area (Å²) in [7, 11) is -4.27. The molecule has 0 radical (unpaired) electrons. The molecule has 2 N–H and O–H groups in total. The zero-order valence-corrected chi connectivity index (χ0v) is 18.3. The van der Waals surface area contributed by atoms with E-state index < -0.39 is 26.6 Å². The van der Waals surface area contributed by atoms with Gasteiger partial charge >= 0.3 is 0 Å². The number of hydrogen-bond acceptors (Lipinski definition) is 4. The minimum Gasteiger partial charge on any atom is -0.321 e. The number of carbonyl (C=O) groups is 1. The zero-order chi connectivity index (χ0) is 21.9. The summed E-state index contributed by atoms with van der Waals surface area (Å²) in [4.78, 5) is 11.8. The fraction of sp³-hybridized carbons (Fsp3) is 0.333. The molecule has 30 heavy (non-hydrogen) atoms. The molecule has 3 rings (SSSR count). The molecule has 9 heteroatoms. The summed E-state index contributed by atoms with van der Waals surface area (Å²) in [6.45, 7) is 4.99. The minimum atomic E-state index is -4.27. The van der Waals surface area contributed by atoms with Gasteiger partial charge in [0.05, 0.1) is 10.7 Å². The van der Waals surface area contributed by atoms with Crippen LogP contribution in [0.2, 0.25) is 5.02 Å². The van der Waals surface area contributed by atoms with Crippen molar-refractivity contribution in [2.24, 2.45) is 10.3 Å². The Morgan fingerprint density at radius 2 is 1.90 bits per heavy atom. The third-order valence-electron chi connectivity index (χ3n) is 5.13. The van der Waals surface area contributed by atoms with Crippen molar-refractivity contribution < 1.29 is 17.6 Å². The van der Waals surface area contributed by atoms with Crippen LogP contribution in [0.25, 0.3) is 0 Å². The summed E-state index contributed by atoms with van der Waals surface area (Å²) >= 11 is 6.16. The molecular formula is C21H23ClFN3O3S. The molecule has 0 saturated carbocycles. The molecule has 2 aromatic carbocycles. The number of nitrogens with one attached hydrogen (secondary N) is 2. The average molecular weight is 452 g/mol. The van der Waals surface area contributed by atoms with E-state index in [1.54, 1.807) is 38.1 Å². The second kappa shape index (κ2) is 9.24. The highest BCUT2D eigenvalue weighted by Gasteiger charge is 2.24. The lowest BCUT2D eigenvalue weighted by atomic mass is 9.94. The van der Waals surface area contributed by atoms with Gasteiger partial charge in [-0.1, -0.05) is 29.8 Å². The summed E-state index contributed by atoms with van der Waals surface area (Å²) < 4.78 is 43.8. The Bertz CT molecular complexity index is 1100. The van der Waals surface area contributed by atoms with Crippen LogP contribution >= 0.6 is 11.6 Å². The number of sulfonamides is 1. The molecule has 0 unspecified atom stereocenters. The monoisotopic (exact) mass is 451 g/mol. The first-order chi connectivity index (χ1) is 14.2. The molecule has 1 aliphatic heterocycles. The van der Waals surface area contributed by atoms with Gasteiger partial charge in [-0.2, -0.15) is 12.8 Å². The number of anilines is 1. The van der Waals surface area contributed by atoms with Gasteiger partial charge in [0.2, 0.25) is 0 Å². The van der Waals surface area contributed by atoms with Crippen molar-refractivity contribution in [1.29, 1.82) is 0 Å². The number of carbonyl (C=O) groups excluding carboxylic acids is 1. The first-order valence-corrected chi connectivity index (χ1v) is 11.4. The van der Waals surface area contributed by atoms with E-state index >= 15 is 0 Å². The SMILES string of the molecule is C/C(=N/S(=O)(=O)c1cc(Cl)c(NC(=O)c2ccccc2C)cc1F)C1CCNCC1. The van der Waals surface area contributed by atoms with E-state index in [1.807, 2.05) is 0 Å². The van der Waals surface area contributed by atoms with Crippen LogP contribution in [0, 0.1) is 18.7 Å². The highest BCUT2D eigenvalue weighted by atomic mass is 35.5. The van der Waals surface area contributed by atoms with E-state index in [2.05, 4.69) is 15.0 Å². The van der Waals surface area contributed by atoms with Crippen LogP contribution in [0.5, 0.6) is 0 Å². The molecule has 0 spiro atoms. The lowest BCUT2D eigenvalue weighted by Crippen LogP contribution is -2.31. The van der Waals surface area contributed by atoms with Gasteiger partial charge < -0.3 is 10.6 Å². The van der Waals surface area contributed by atoms with Crippen molar-refractivity contribution in [2.45, 2.75) is 31.6 Å². The zero-order valence-electron chi connectivity index (χ0n) is 16.7. The van der Waals surface area contributed by atoms with Crippen molar-refractivity contribution in [1.82, 2.24) is 5.32 Å². The molecule has 1 fully saturated rings. The Morgan fingerprint density at radius 1 is 1.23 bits per heavy atom. The second-order valence-corrected chi connectivity index (χ2v) is 9.24. The number of nitrogens with zero attached hydrogens (tertiary/aromatic N) is 1. The van der Waals surface area contributed by atoms with Crippen LogP contribution in [0.4, 0.5) is 10.1 Å². The lowest BCUT2D eigenvalue weighted by molar-refractivity contribution is 0.102. The molecule has 0 aromatic heterocycles. The van der Waals surface area contributed by atoms with Crippen molar-refractivity contribution in [3.8, 4) is 0 Å². The third kappa shape index (κ3) is 5.06. The number of aryl methyl sites for hydroxylation is 1. The molecule has 2 aromatic rings. The number of hydrogen-bond donors (Lipinski definition) is 2. The molecule has 0 aliphatic carbocycles. The number of halogens is 2. The van der Waals surface area contributed by atoms with Gasteiger partial charge in [-0.05, 0) is 57.5 Å². The molecule has 0 bridgehead atoms. The fourth-order valence-corrected chi connectivity index (χ4v) is 4.87. The van der Waals surface area contributed by atoms with Crippen LogP contribution in [-0.4, -0.2) is 33.1 Å². The van der Waals surface area contributed by atoms with Crippen molar-refractivity contribution in [3.63, 3.8) is 0 Å². The van der Waals surface area contributed by atoms with Gasteiger partial charge in [0, 0.05) is 23.3 Å². The smallest absolute Gasteiger partial charge is 0.285 e. The van der Waals surface area contributed by atoms with E-state index in [-0.39, 0.29) is 16.6 Å². The van der Waals surface area contributed by atoms with Crippen LogP contribution < -0.4 is 10.6 Å². The topological polar surface area (TPSA) is 87.6 Å². The highest BCUT2D eigenvalue weighted by molar-refractivity contribution is 7.90. The Labute approximate surface area is 180 Å². The molecule has 1 aliphatic rings. The van der Waals surface area contributed by atoms with Gasteiger partial charge in [0.25, 0.3) is 15.9 Å². The van der Waals surface area contributed by atoms with E-state index in [1.165, 1.54) is 0 Å². The quantitative estimate of drug-likeness (QED) is 0.667. The summed E-state index contributed by atoms with van der Waals surface area (Å²) in [5.41, 5.74) is 1.59. The van der Waals surface area contributed by atoms with Gasteiger partial charge in [-0.15, -0.1) is 0 Å². The fourth-order valence-electron chi connectivity index (χ4n) is 3.39. The molecule has 6 nitrogen and oxygen atoms in total. The highest BCUT2D eigenvalue weighted by Crippen LogP contribution is 2.30. The van der Waals surface area contributed by atoms with Gasteiger partial charge in [0.15, 0.2) is 0 Å². The molecule has 1 heterocycles. The lowest BCUT2D eigenvalue weighted by Gasteiger charge is -2.22. The largest absolute Gasteiger partial charge is 0.321 e. The van der Waals surface area contributed by atoms with Crippen molar-refractivity contribution in [2.75, 3.05) is 18.4 Å². The van der Waals surface area contributed by atoms with Crippen LogP contribution in [0.15, 0.2) is 45.7 Å². The van der Waals surface area contributed by atoms with E-state index in [0.717, 1.165) is 43.6 Å². The first kappa shape index (κ1) is 22.4. The molecule has 0 atom stereocenters. The summed E-state index contributed by atoms with van der Waals surface area (Å²) in [5.74, 6) is -1.46. The van der Waals surface area contributed by atoms with Crippen molar-refractivity contribution in [3.05, 3.63) is 58.4 Å². The van der Waals surface area contributed by atoms with Crippen LogP contribution in [0.3, 0.4) is 0 Å². The maximum absolute atomic E-state index is 14.7. The normalized spacial score (nSPS) is 15.8. The standard InChI is InChI=1S/C21H23ClFN3O3S/c1-13-5-3-4-6-16(13)21(27)25-19-12-18(23)20(11-17(19)22)30(28,29)26-14(2)15-7-9-24-10-8-15/h3-6,11-12,15,24H,7-10H2,1-2H3,(H,25,27)/b26-14-. The van der Waals surface area contributed by atoms with E-state index in [9.17, 15) is 17.6 Å². The third-order valence-corrected chi connectivity index (χ3v) is 6.84. The Balaban J connectivity index is 1.86. The van der Waals surface area contributed by atoms with Gasteiger partial charge in [-0.3, -0.25) is 4.79 Å². The Kier molecular flexibility index (Phi) is 6.90.